The van der Waals surface area contributed by atoms with Crippen LogP contribution in [0.4, 0.5) is 0 Å². The third-order valence-electron chi connectivity index (χ3n) is 3.22. The minimum atomic E-state index is -3.17. The lowest BCUT2D eigenvalue weighted by molar-refractivity contribution is -0.137. The van der Waals surface area contributed by atoms with E-state index in [0.717, 1.165) is 0 Å². The third kappa shape index (κ3) is 8.99. The molecular formula is C13H27NO4S. The topological polar surface area (TPSA) is 83.5 Å². The number of carbonyl (C=O) groups is 1. The number of aliphatic carboxylic acids is 1. The molecule has 0 aliphatic rings. The molecule has 0 radical (unpaired) electrons. The molecular weight excluding hydrogens is 266 g/mol. The van der Waals surface area contributed by atoms with Gasteiger partial charge in [0.25, 0.3) is 0 Å². The zero-order chi connectivity index (χ0) is 15.1. The number of hydrogen-bond acceptors (Lipinski definition) is 3. The van der Waals surface area contributed by atoms with Gasteiger partial charge in [-0.05, 0) is 30.6 Å². The Bertz CT molecular complexity index is 371. The molecule has 0 amide bonds. The lowest BCUT2D eigenvalue weighted by atomic mass is 9.76. The van der Waals surface area contributed by atoms with E-state index in [1.54, 1.807) is 0 Å². The second-order valence-electron chi connectivity index (χ2n) is 6.00. The highest BCUT2D eigenvalue weighted by Gasteiger charge is 2.25. The van der Waals surface area contributed by atoms with E-state index >= 15 is 0 Å². The normalized spacial score (nSPS) is 14.3. The van der Waals surface area contributed by atoms with Gasteiger partial charge in [-0.15, -0.1) is 0 Å². The summed E-state index contributed by atoms with van der Waals surface area (Å²) in [6, 6.07) is 0. The Morgan fingerprint density at radius 1 is 1.26 bits per heavy atom. The van der Waals surface area contributed by atoms with Crippen LogP contribution in [0.1, 0.15) is 53.4 Å². The van der Waals surface area contributed by atoms with Crippen molar-refractivity contribution in [3.8, 4) is 0 Å². The van der Waals surface area contributed by atoms with E-state index in [1.165, 1.54) is 0 Å². The summed E-state index contributed by atoms with van der Waals surface area (Å²) >= 11 is 0. The fourth-order valence-electron chi connectivity index (χ4n) is 2.04. The Morgan fingerprint density at radius 3 is 2.26 bits per heavy atom. The van der Waals surface area contributed by atoms with Crippen LogP contribution in [0.3, 0.4) is 0 Å². The van der Waals surface area contributed by atoms with Gasteiger partial charge in [-0.2, -0.15) is 0 Å². The quantitative estimate of drug-likeness (QED) is 0.683. The van der Waals surface area contributed by atoms with E-state index in [-0.39, 0.29) is 23.5 Å². The molecule has 0 aliphatic heterocycles. The second kappa shape index (κ2) is 7.85. The van der Waals surface area contributed by atoms with E-state index in [2.05, 4.69) is 25.5 Å². The van der Waals surface area contributed by atoms with Crippen LogP contribution in [0, 0.1) is 11.3 Å². The Morgan fingerprint density at radius 2 is 1.84 bits per heavy atom. The van der Waals surface area contributed by atoms with Crippen molar-refractivity contribution in [3.63, 3.8) is 0 Å². The Balaban J connectivity index is 4.32. The summed E-state index contributed by atoms with van der Waals surface area (Å²) < 4.78 is 25.6. The molecule has 1 atom stereocenters. The van der Waals surface area contributed by atoms with Crippen molar-refractivity contribution in [1.29, 1.82) is 0 Å². The van der Waals surface area contributed by atoms with Crippen molar-refractivity contribution < 1.29 is 18.3 Å². The molecule has 0 fully saturated rings. The van der Waals surface area contributed by atoms with Crippen LogP contribution in [-0.2, 0) is 14.8 Å². The van der Waals surface area contributed by atoms with Crippen LogP contribution >= 0.6 is 0 Å². The molecule has 0 spiro atoms. The first-order valence-corrected chi connectivity index (χ1v) is 8.43. The third-order valence-corrected chi connectivity index (χ3v) is 4.81. The minimum Gasteiger partial charge on any atom is -0.481 e. The van der Waals surface area contributed by atoms with Crippen LogP contribution in [-0.4, -0.2) is 31.8 Å². The summed E-state index contributed by atoms with van der Waals surface area (Å²) in [5.41, 5.74) is -0.0222. The summed E-state index contributed by atoms with van der Waals surface area (Å²) in [4.78, 5) is 10.6. The van der Waals surface area contributed by atoms with Gasteiger partial charge in [-0.3, -0.25) is 4.79 Å². The molecule has 2 N–H and O–H groups in total. The van der Waals surface area contributed by atoms with Crippen LogP contribution in [0.5, 0.6) is 0 Å². The largest absolute Gasteiger partial charge is 0.481 e. The van der Waals surface area contributed by atoms with E-state index in [1.807, 2.05) is 6.92 Å². The van der Waals surface area contributed by atoms with Gasteiger partial charge in [0, 0.05) is 13.0 Å². The minimum absolute atomic E-state index is 0.0222. The molecule has 1 unspecified atom stereocenters. The maximum Gasteiger partial charge on any atom is 0.303 e. The van der Waals surface area contributed by atoms with Crippen molar-refractivity contribution in [3.05, 3.63) is 0 Å². The standard InChI is InChI=1S/C13H27NO4S/c1-5-10-19(17,18)14-9-8-11(13(2,3)4)6-7-12(15)16/h11,14H,5-10H2,1-4H3,(H,15,16). The van der Waals surface area contributed by atoms with E-state index < -0.39 is 16.0 Å². The Hall–Kier alpha value is -0.620. The lowest BCUT2D eigenvalue weighted by Gasteiger charge is -2.30. The van der Waals surface area contributed by atoms with Crippen molar-refractivity contribution in [1.82, 2.24) is 4.72 Å². The molecule has 0 bridgehead atoms. The van der Waals surface area contributed by atoms with Crippen LogP contribution < -0.4 is 4.72 Å². The number of carboxylic acids is 1. The molecule has 114 valence electrons. The molecule has 0 aliphatic carbocycles. The van der Waals surface area contributed by atoms with Gasteiger partial charge in [0.2, 0.25) is 10.0 Å². The van der Waals surface area contributed by atoms with Gasteiger partial charge in [-0.1, -0.05) is 27.7 Å². The Labute approximate surface area is 116 Å². The molecule has 0 aromatic heterocycles. The predicted molar refractivity (Wildman–Crippen MR) is 76.5 cm³/mol. The number of hydrogen-bond donors (Lipinski definition) is 2. The summed E-state index contributed by atoms with van der Waals surface area (Å²) in [5, 5.41) is 8.74. The zero-order valence-electron chi connectivity index (χ0n) is 12.4. The number of rotatable bonds is 9. The number of sulfonamides is 1. The summed E-state index contributed by atoms with van der Waals surface area (Å²) in [5.74, 6) is -0.476. The van der Waals surface area contributed by atoms with E-state index in [0.29, 0.717) is 25.8 Å². The first-order valence-electron chi connectivity index (χ1n) is 6.77. The van der Waals surface area contributed by atoms with Crippen molar-refractivity contribution in [2.24, 2.45) is 11.3 Å². The van der Waals surface area contributed by atoms with E-state index in [9.17, 15) is 13.2 Å². The maximum atomic E-state index is 11.5. The molecule has 6 heteroatoms. The van der Waals surface area contributed by atoms with Gasteiger partial charge in [0.15, 0.2) is 0 Å². The summed E-state index contributed by atoms with van der Waals surface area (Å²) in [6.07, 6.45) is 1.97. The average molecular weight is 293 g/mol. The smallest absolute Gasteiger partial charge is 0.303 e. The lowest BCUT2D eigenvalue weighted by Crippen LogP contribution is -2.31. The van der Waals surface area contributed by atoms with Crippen LogP contribution in [0.15, 0.2) is 0 Å². The molecule has 0 saturated heterocycles. The van der Waals surface area contributed by atoms with Gasteiger partial charge >= 0.3 is 5.97 Å². The monoisotopic (exact) mass is 293 g/mol. The molecule has 5 nitrogen and oxygen atoms in total. The first-order chi connectivity index (χ1) is 8.58. The fraction of sp³-hybridized carbons (Fsp3) is 0.923. The highest BCUT2D eigenvalue weighted by atomic mass is 32.2. The SMILES string of the molecule is CCCS(=O)(=O)NCCC(CCC(=O)O)C(C)(C)C. The molecule has 0 aromatic rings. The van der Waals surface area contributed by atoms with Crippen molar-refractivity contribution >= 4 is 16.0 Å². The van der Waals surface area contributed by atoms with Crippen molar-refractivity contribution in [2.75, 3.05) is 12.3 Å². The molecule has 0 saturated carbocycles. The van der Waals surface area contributed by atoms with Gasteiger partial charge in [0.1, 0.15) is 0 Å². The summed E-state index contributed by atoms with van der Waals surface area (Å²) in [7, 11) is -3.17. The summed E-state index contributed by atoms with van der Waals surface area (Å²) in [6.45, 7) is 8.37. The Kier molecular flexibility index (Phi) is 7.59. The second-order valence-corrected chi connectivity index (χ2v) is 7.92. The molecule has 0 aromatic carbocycles. The van der Waals surface area contributed by atoms with Gasteiger partial charge in [-0.25, -0.2) is 13.1 Å². The van der Waals surface area contributed by atoms with Crippen LogP contribution in [0.2, 0.25) is 0 Å². The highest BCUT2D eigenvalue weighted by Crippen LogP contribution is 2.32. The molecule has 19 heavy (non-hydrogen) atoms. The fourth-order valence-corrected chi connectivity index (χ4v) is 3.15. The maximum absolute atomic E-state index is 11.5. The predicted octanol–water partition coefficient (Wildman–Crippen LogP) is 2.23. The van der Waals surface area contributed by atoms with Gasteiger partial charge < -0.3 is 5.11 Å². The van der Waals surface area contributed by atoms with Crippen molar-refractivity contribution in [2.45, 2.75) is 53.4 Å². The average Bonchev–Trinajstić information content (AvgIpc) is 2.20. The highest BCUT2D eigenvalue weighted by molar-refractivity contribution is 7.89. The number of carboxylic acid groups (broad SMARTS) is 1. The van der Waals surface area contributed by atoms with Crippen LogP contribution in [0.25, 0.3) is 0 Å². The van der Waals surface area contributed by atoms with Gasteiger partial charge in [0.05, 0.1) is 5.75 Å². The molecule has 0 heterocycles. The molecule has 0 rings (SSSR count). The zero-order valence-corrected chi connectivity index (χ0v) is 13.2. The number of nitrogens with one attached hydrogen (secondary N) is 1. The van der Waals surface area contributed by atoms with E-state index in [4.69, 9.17) is 5.11 Å². The first kappa shape index (κ1) is 18.4.